The lowest BCUT2D eigenvalue weighted by molar-refractivity contribution is -0.180. The molecule has 1 unspecified atom stereocenters. The van der Waals surface area contributed by atoms with Crippen LogP contribution in [-0.4, -0.2) is 49.9 Å². The molecule has 1 spiro atoms. The molecule has 1 saturated carbocycles. The van der Waals surface area contributed by atoms with E-state index in [2.05, 4.69) is 0 Å². The van der Waals surface area contributed by atoms with Crippen LogP contribution in [0, 0.1) is 17.3 Å². The van der Waals surface area contributed by atoms with E-state index in [1.165, 1.54) is 7.11 Å². The molecule has 2 heterocycles. The molecule has 7 heteroatoms. The molecule has 1 saturated heterocycles. The summed E-state index contributed by atoms with van der Waals surface area (Å²) in [4.78, 5) is 37.9. The zero-order valence-corrected chi connectivity index (χ0v) is 14.8. The van der Waals surface area contributed by atoms with Crippen LogP contribution in [0.3, 0.4) is 0 Å². The molecule has 4 atom stereocenters. The van der Waals surface area contributed by atoms with Crippen molar-refractivity contribution in [2.24, 2.45) is 17.3 Å². The van der Waals surface area contributed by atoms with Crippen molar-refractivity contribution in [3.63, 3.8) is 0 Å². The van der Waals surface area contributed by atoms with Crippen molar-refractivity contribution in [1.82, 2.24) is 0 Å². The summed E-state index contributed by atoms with van der Waals surface area (Å²) in [6.07, 6.45) is 4.67. The molecular weight excluding hydrogens is 328 g/mol. The quantitative estimate of drug-likeness (QED) is 0.309. The molecule has 7 nitrogen and oxygen atoms in total. The molecule has 2 aliphatic heterocycles. The first-order valence-corrected chi connectivity index (χ1v) is 8.73. The molecule has 1 aliphatic carbocycles. The predicted octanol–water partition coefficient (Wildman–Crippen LogP) is 1.40. The minimum atomic E-state index is -1.55. The molecule has 0 amide bonds. The predicted molar refractivity (Wildman–Crippen MR) is 85.3 cm³/mol. The third-order valence-electron chi connectivity index (χ3n) is 5.67. The molecule has 0 N–H and O–H groups in total. The van der Waals surface area contributed by atoms with Crippen LogP contribution in [0.15, 0.2) is 12.2 Å². The normalized spacial score (nSPS) is 33.8. The van der Waals surface area contributed by atoms with E-state index in [-0.39, 0.29) is 38.1 Å². The summed E-state index contributed by atoms with van der Waals surface area (Å²) in [5.41, 5.74) is -2.37. The molecule has 3 aliphatic rings. The van der Waals surface area contributed by atoms with Crippen molar-refractivity contribution in [2.45, 2.75) is 44.8 Å². The summed E-state index contributed by atoms with van der Waals surface area (Å²) < 4.78 is 21.4. The largest absolute Gasteiger partial charge is 0.469 e. The van der Waals surface area contributed by atoms with Crippen LogP contribution < -0.4 is 0 Å². The Bertz CT molecular complexity index is 593. The van der Waals surface area contributed by atoms with Gasteiger partial charge >= 0.3 is 17.9 Å². The average molecular weight is 352 g/mol. The van der Waals surface area contributed by atoms with Crippen LogP contribution >= 0.6 is 0 Å². The molecule has 0 aromatic carbocycles. The van der Waals surface area contributed by atoms with Gasteiger partial charge in [-0.2, -0.15) is 0 Å². The van der Waals surface area contributed by atoms with Crippen LogP contribution in [0.4, 0.5) is 0 Å². The molecule has 2 bridgehead atoms. The fourth-order valence-electron chi connectivity index (χ4n) is 4.70. The van der Waals surface area contributed by atoms with E-state index in [1.54, 1.807) is 13.8 Å². The van der Waals surface area contributed by atoms with E-state index in [1.807, 2.05) is 12.2 Å². The van der Waals surface area contributed by atoms with Gasteiger partial charge in [-0.05, 0) is 32.6 Å². The fourth-order valence-corrected chi connectivity index (χ4v) is 4.70. The topological polar surface area (TPSA) is 88.1 Å². The zero-order chi connectivity index (χ0) is 18.2. The second-order valence-electron chi connectivity index (χ2n) is 6.75. The smallest absolute Gasteiger partial charge is 0.323 e. The first-order chi connectivity index (χ1) is 11.9. The lowest BCUT2D eigenvalue weighted by Crippen LogP contribution is -2.51. The highest BCUT2D eigenvalue weighted by Crippen LogP contribution is 2.64. The van der Waals surface area contributed by atoms with E-state index in [0.29, 0.717) is 6.42 Å². The van der Waals surface area contributed by atoms with Crippen LogP contribution in [-0.2, 0) is 33.3 Å². The Morgan fingerprint density at radius 1 is 1.16 bits per heavy atom. The number of methoxy groups -OCH3 is 1. The van der Waals surface area contributed by atoms with Crippen LogP contribution in [0.25, 0.3) is 0 Å². The van der Waals surface area contributed by atoms with Gasteiger partial charge < -0.3 is 18.9 Å². The van der Waals surface area contributed by atoms with Gasteiger partial charge in [0.1, 0.15) is 0 Å². The maximum Gasteiger partial charge on any atom is 0.323 e. The summed E-state index contributed by atoms with van der Waals surface area (Å²) in [5, 5.41) is 0. The van der Waals surface area contributed by atoms with E-state index in [0.717, 1.165) is 0 Å². The second-order valence-corrected chi connectivity index (χ2v) is 6.75. The molecule has 25 heavy (non-hydrogen) atoms. The third-order valence-corrected chi connectivity index (χ3v) is 5.67. The van der Waals surface area contributed by atoms with E-state index >= 15 is 0 Å². The van der Waals surface area contributed by atoms with Gasteiger partial charge in [0.25, 0.3) is 0 Å². The summed E-state index contributed by atoms with van der Waals surface area (Å²) in [6.45, 7) is 3.65. The van der Waals surface area contributed by atoms with Crippen LogP contribution in [0.1, 0.15) is 33.1 Å². The molecular formula is C18H24O7. The van der Waals surface area contributed by atoms with Crippen molar-refractivity contribution >= 4 is 17.9 Å². The lowest BCUT2D eigenvalue weighted by atomic mass is 9.71. The molecule has 2 fully saturated rings. The Morgan fingerprint density at radius 2 is 1.80 bits per heavy atom. The molecule has 0 aromatic heterocycles. The standard InChI is InChI=1S/C18H24O7/c1-4-23-15(20)17(16(21)24-5-2)10-11-8-12-6-7-18(11,25-12)13(17)9-14(19)22-3/h6-7,11-13H,4-5,8-10H2,1-3H3/t11-,12+,13?,18-/m0/s1. The van der Waals surface area contributed by atoms with Gasteiger partial charge in [0.15, 0.2) is 5.41 Å². The Labute approximate surface area is 146 Å². The summed E-state index contributed by atoms with van der Waals surface area (Å²) in [7, 11) is 1.28. The van der Waals surface area contributed by atoms with Gasteiger partial charge in [-0.1, -0.05) is 12.2 Å². The molecule has 0 radical (unpaired) electrons. The summed E-state index contributed by atoms with van der Waals surface area (Å²) in [6, 6.07) is 0. The summed E-state index contributed by atoms with van der Waals surface area (Å²) in [5.74, 6) is -2.53. The number of ether oxygens (including phenoxy) is 4. The monoisotopic (exact) mass is 352 g/mol. The van der Waals surface area contributed by atoms with Gasteiger partial charge in [-0.15, -0.1) is 0 Å². The Morgan fingerprint density at radius 3 is 2.32 bits per heavy atom. The molecule has 0 aromatic rings. The third kappa shape index (κ3) is 2.47. The highest BCUT2D eigenvalue weighted by atomic mass is 16.6. The van der Waals surface area contributed by atoms with E-state index in [9.17, 15) is 14.4 Å². The van der Waals surface area contributed by atoms with Crippen molar-refractivity contribution in [3.8, 4) is 0 Å². The second kappa shape index (κ2) is 6.44. The first kappa shape index (κ1) is 17.9. The van der Waals surface area contributed by atoms with E-state index < -0.39 is 34.8 Å². The van der Waals surface area contributed by atoms with E-state index in [4.69, 9.17) is 18.9 Å². The maximum absolute atomic E-state index is 12.9. The lowest BCUT2D eigenvalue weighted by Gasteiger charge is -2.36. The van der Waals surface area contributed by atoms with Crippen molar-refractivity contribution in [3.05, 3.63) is 12.2 Å². The van der Waals surface area contributed by atoms with Crippen molar-refractivity contribution in [1.29, 1.82) is 0 Å². The average Bonchev–Trinajstić information content (AvgIpc) is 3.23. The number of carbonyl (C=O) groups is 3. The zero-order valence-electron chi connectivity index (χ0n) is 14.8. The first-order valence-electron chi connectivity index (χ1n) is 8.73. The SMILES string of the molecule is CCOC(=O)C1(C(=O)OCC)C[C@@H]2C[C@H]3C=C[C@@]2(O3)C1CC(=O)OC. The Balaban J connectivity index is 2.07. The number of carbonyl (C=O) groups excluding carboxylic acids is 3. The van der Waals surface area contributed by atoms with Gasteiger partial charge in [0.2, 0.25) is 0 Å². The van der Waals surface area contributed by atoms with Gasteiger partial charge in [-0.3, -0.25) is 14.4 Å². The molecule has 138 valence electrons. The van der Waals surface area contributed by atoms with Gasteiger partial charge in [0.05, 0.1) is 38.4 Å². The number of hydrogen-bond acceptors (Lipinski definition) is 7. The molecule has 3 rings (SSSR count). The fraction of sp³-hybridized carbons (Fsp3) is 0.722. The van der Waals surface area contributed by atoms with Gasteiger partial charge in [-0.25, -0.2) is 0 Å². The Hall–Kier alpha value is -1.89. The number of rotatable bonds is 6. The minimum Gasteiger partial charge on any atom is -0.469 e. The highest BCUT2D eigenvalue weighted by Gasteiger charge is 2.73. The maximum atomic E-state index is 12.9. The van der Waals surface area contributed by atoms with Crippen LogP contribution in [0.2, 0.25) is 0 Å². The number of hydrogen-bond donors (Lipinski definition) is 0. The number of fused-ring (bicyclic) bond motifs is 1. The van der Waals surface area contributed by atoms with Gasteiger partial charge in [0, 0.05) is 5.92 Å². The summed E-state index contributed by atoms with van der Waals surface area (Å²) >= 11 is 0. The number of esters is 3. The van der Waals surface area contributed by atoms with Crippen molar-refractivity contribution < 1.29 is 33.3 Å². The Kier molecular flexibility index (Phi) is 4.62. The minimum absolute atomic E-state index is 0.0347. The van der Waals surface area contributed by atoms with Crippen molar-refractivity contribution in [2.75, 3.05) is 20.3 Å². The van der Waals surface area contributed by atoms with Crippen LogP contribution in [0.5, 0.6) is 0 Å². The highest BCUT2D eigenvalue weighted by molar-refractivity contribution is 6.02.